The zero-order valence-corrected chi connectivity index (χ0v) is 11.7. The van der Waals surface area contributed by atoms with Crippen molar-refractivity contribution in [2.45, 2.75) is 25.9 Å². The van der Waals surface area contributed by atoms with Gasteiger partial charge in [-0.05, 0) is 13.8 Å². The Kier molecular flexibility index (Phi) is 5.55. The maximum Gasteiger partial charge on any atom is 0.241 e. The minimum atomic E-state index is -0.226. The van der Waals surface area contributed by atoms with Gasteiger partial charge >= 0.3 is 0 Å². The maximum atomic E-state index is 12.2. The van der Waals surface area contributed by atoms with E-state index in [1.54, 1.807) is 19.0 Å². The number of nitrogens with one attached hydrogen (secondary N) is 2. The number of hydrogen-bond acceptors (Lipinski definition) is 4. The lowest BCUT2D eigenvalue weighted by molar-refractivity contribution is -0.140. The molecule has 1 aliphatic heterocycles. The van der Waals surface area contributed by atoms with Gasteiger partial charge in [0.25, 0.3) is 0 Å². The minimum absolute atomic E-state index is 0.00731. The van der Waals surface area contributed by atoms with Crippen molar-refractivity contribution < 1.29 is 9.59 Å². The van der Waals surface area contributed by atoms with Gasteiger partial charge in [0.05, 0.1) is 12.6 Å². The molecule has 0 aliphatic carbocycles. The van der Waals surface area contributed by atoms with E-state index in [-0.39, 0.29) is 24.4 Å². The second-order valence-electron chi connectivity index (χ2n) is 4.91. The van der Waals surface area contributed by atoms with Crippen molar-refractivity contribution in [2.75, 3.05) is 40.3 Å². The Balaban J connectivity index is 2.54. The number of carbonyl (C=O) groups excluding carboxylic acids is 2. The Morgan fingerprint density at radius 3 is 2.33 bits per heavy atom. The molecule has 0 aromatic carbocycles. The Labute approximate surface area is 109 Å². The van der Waals surface area contributed by atoms with Crippen LogP contribution in [0.15, 0.2) is 0 Å². The molecule has 2 unspecified atom stereocenters. The zero-order chi connectivity index (χ0) is 13.7. The Hall–Kier alpha value is -1.14. The summed E-state index contributed by atoms with van der Waals surface area (Å²) < 4.78 is 0. The van der Waals surface area contributed by atoms with Gasteiger partial charge in [-0.15, -0.1) is 0 Å². The van der Waals surface area contributed by atoms with Crippen molar-refractivity contribution in [3.8, 4) is 0 Å². The standard InChI is InChI=1S/C12H24N4O2/c1-5-16(8-11(17)15(3)4)12(18)10-7-13-9(2)6-14-10/h9-10,13-14H,5-8H2,1-4H3. The Morgan fingerprint density at radius 1 is 1.22 bits per heavy atom. The van der Waals surface area contributed by atoms with Crippen molar-refractivity contribution in [3.63, 3.8) is 0 Å². The van der Waals surface area contributed by atoms with Crippen LogP contribution >= 0.6 is 0 Å². The molecular formula is C12H24N4O2. The number of carbonyl (C=O) groups is 2. The van der Waals surface area contributed by atoms with Gasteiger partial charge in [0.1, 0.15) is 0 Å². The lowest BCUT2D eigenvalue weighted by atomic mass is 10.1. The zero-order valence-electron chi connectivity index (χ0n) is 11.7. The fourth-order valence-corrected chi connectivity index (χ4v) is 1.83. The number of amides is 2. The molecule has 0 spiro atoms. The summed E-state index contributed by atoms with van der Waals surface area (Å²) in [5.41, 5.74) is 0. The summed E-state index contributed by atoms with van der Waals surface area (Å²) in [6.45, 7) is 6.05. The first-order valence-corrected chi connectivity index (χ1v) is 6.41. The Morgan fingerprint density at radius 2 is 1.89 bits per heavy atom. The highest BCUT2D eigenvalue weighted by atomic mass is 16.2. The third kappa shape index (κ3) is 3.96. The van der Waals surface area contributed by atoms with E-state index >= 15 is 0 Å². The van der Waals surface area contributed by atoms with Crippen LogP contribution in [0.3, 0.4) is 0 Å². The third-order valence-electron chi connectivity index (χ3n) is 3.16. The highest BCUT2D eigenvalue weighted by Crippen LogP contribution is 2.00. The summed E-state index contributed by atoms with van der Waals surface area (Å²) in [6, 6.07) is 0.156. The molecule has 0 aromatic heterocycles. The molecule has 1 aliphatic rings. The van der Waals surface area contributed by atoms with Gasteiger partial charge < -0.3 is 20.4 Å². The van der Waals surface area contributed by atoms with Crippen LogP contribution in [0.4, 0.5) is 0 Å². The molecule has 104 valence electrons. The van der Waals surface area contributed by atoms with Crippen LogP contribution < -0.4 is 10.6 Å². The highest BCUT2D eigenvalue weighted by Gasteiger charge is 2.27. The van der Waals surface area contributed by atoms with E-state index < -0.39 is 0 Å². The molecule has 2 atom stereocenters. The van der Waals surface area contributed by atoms with E-state index in [4.69, 9.17) is 0 Å². The van der Waals surface area contributed by atoms with Crippen LogP contribution in [0.5, 0.6) is 0 Å². The third-order valence-corrected chi connectivity index (χ3v) is 3.16. The molecule has 0 radical (unpaired) electrons. The topological polar surface area (TPSA) is 64.7 Å². The second kappa shape index (κ2) is 6.70. The van der Waals surface area contributed by atoms with Gasteiger partial charge in [-0.2, -0.15) is 0 Å². The normalized spacial score (nSPS) is 23.6. The first-order chi connectivity index (χ1) is 8.45. The van der Waals surface area contributed by atoms with E-state index in [2.05, 4.69) is 17.6 Å². The van der Waals surface area contributed by atoms with E-state index in [9.17, 15) is 9.59 Å². The van der Waals surface area contributed by atoms with E-state index in [1.807, 2.05) is 6.92 Å². The second-order valence-corrected chi connectivity index (χ2v) is 4.91. The molecule has 18 heavy (non-hydrogen) atoms. The van der Waals surface area contributed by atoms with Crippen LogP contribution in [0.25, 0.3) is 0 Å². The molecule has 1 fully saturated rings. The van der Waals surface area contributed by atoms with Crippen molar-refractivity contribution >= 4 is 11.8 Å². The van der Waals surface area contributed by atoms with Gasteiger partial charge in [0.15, 0.2) is 0 Å². The summed E-state index contributed by atoms with van der Waals surface area (Å²) in [6.07, 6.45) is 0. The molecule has 2 N–H and O–H groups in total. The fourth-order valence-electron chi connectivity index (χ4n) is 1.83. The van der Waals surface area contributed by atoms with Crippen LogP contribution in [0.1, 0.15) is 13.8 Å². The quantitative estimate of drug-likeness (QED) is 0.668. The molecule has 1 saturated heterocycles. The Bertz CT molecular complexity index is 298. The molecule has 1 heterocycles. The molecule has 0 saturated carbocycles. The molecule has 6 heteroatoms. The largest absolute Gasteiger partial charge is 0.347 e. The van der Waals surface area contributed by atoms with Gasteiger partial charge in [-0.1, -0.05) is 0 Å². The van der Waals surface area contributed by atoms with Gasteiger partial charge in [0.2, 0.25) is 11.8 Å². The van der Waals surface area contributed by atoms with Crippen LogP contribution in [0.2, 0.25) is 0 Å². The van der Waals surface area contributed by atoms with Crippen LogP contribution in [-0.2, 0) is 9.59 Å². The van der Waals surface area contributed by atoms with Crippen LogP contribution in [0, 0.1) is 0 Å². The monoisotopic (exact) mass is 256 g/mol. The summed E-state index contributed by atoms with van der Waals surface area (Å²) in [5, 5.41) is 6.47. The molecule has 1 rings (SSSR count). The number of nitrogens with zero attached hydrogens (tertiary/aromatic N) is 2. The number of hydrogen-bond donors (Lipinski definition) is 2. The average Bonchev–Trinajstić information content (AvgIpc) is 2.35. The molecular weight excluding hydrogens is 232 g/mol. The summed E-state index contributed by atoms with van der Waals surface area (Å²) in [5.74, 6) is -0.0607. The number of likely N-dealkylation sites (N-methyl/N-ethyl adjacent to an activating group) is 2. The van der Waals surface area contributed by atoms with Gasteiger partial charge in [0, 0.05) is 39.8 Å². The predicted molar refractivity (Wildman–Crippen MR) is 70.2 cm³/mol. The molecule has 2 amide bonds. The van der Waals surface area contributed by atoms with Crippen molar-refractivity contribution in [3.05, 3.63) is 0 Å². The number of rotatable bonds is 4. The van der Waals surface area contributed by atoms with Crippen molar-refractivity contribution in [1.82, 2.24) is 20.4 Å². The van der Waals surface area contributed by atoms with Crippen molar-refractivity contribution in [2.24, 2.45) is 0 Å². The van der Waals surface area contributed by atoms with Gasteiger partial charge in [-0.3, -0.25) is 9.59 Å². The molecule has 0 aromatic rings. The summed E-state index contributed by atoms with van der Waals surface area (Å²) >= 11 is 0. The highest BCUT2D eigenvalue weighted by molar-refractivity contribution is 5.87. The lowest BCUT2D eigenvalue weighted by Crippen LogP contribution is -2.60. The van der Waals surface area contributed by atoms with Gasteiger partial charge in [-0.25, -0.2) is 0 Å². The maximum absolute atomic E-state index is 12.2. The van der Waals surface area contributed by atoms with E-state index in [0.29, 0.717) is 19.1 Å². The van der Waals surface area contributed by atoms with E-state index in [1.165, 1.54) is 4.90 Å². The number of piperazine rings is 1. The van der Waals surface area contributed by atoms with Crippen LogP contribution in [-0.4, -0.2) is 74.0 Å². The fraction of sp³-hybridized carbons (Fsp3) is 0.833. The first-order valence-electron chi connectivity index (χ1n) is 6.41. The van der Waals surface area contributed by atoms with Crippen molar-refractivity contribution in [1.29, 1.82) is 0 Å². The molecule has 0 bridgehead atoms. The van der Waals surface area contributed by atoms with E-state index in [0.717, 1.165) is 6.54 Å². The average molecular weight is 256 g/mol. The molecule has 6 nitrogen and oxygen atoms in total. The summed E-state index contributed by atoms with van der Waals surface area (Å²) in [7, 11) is 3.39. The lowest BCUT2D eigenvalue weighted by Gasteiger charge is -2.32. The summed E-state index contributed by atoms with van der Waals surface area (Å²) in [4.78, 5) is 27.0. The minimum Gasteiger partial charge on any atom is -0.347 e. The smallest absolute Gasteiger partial charge is 0.241 e. The SMILES string of the molecule is CCN(CC(=O)N(C)C)C(=O)C1CNC(C)CN1. The first kappa shape index (κ1) is 14.9. The predicted octanol–water partition coefficient (Wildman–Crippen LogP) is -1.13.